The van der Waals surface area contributed by atoms with E-state index in [0.717, 1.165) is 42.2 Å². The van der Waals surface area contributed by atoms with E-state index in [-0.39, 0.29) is 0 Å². The molecule has 7 heteroatoms. The van der Waals surface area contributed by atoms with Gasteiger partial charge in [0.25, 0.3) is 5.95 Å². The monoisotopic (exact) mass is 378 g/mol. The van der Waals surface area contributed by atoms with Crippen LogP contribution in [0.4, 0.5) is 11.6 Å². The fourth-order valence-electron chi connectivity index (χ4n) is 2.89. The maximum absolute atomic E-state index is 5.50. The molecule has 7 nitrogen and oxygen atoms in total. The van der Waals surface area contributed by atoms with Crippen LogP contribution in [0, 0.1) is 6.92 Å². The lowest BCUT2D eigenvalue weighted by Crippen LogP contribution is -2.22. The maximum atomic E-state index is 5.50. The standard InChI is InChI=1S/C21H26N6O/c1-5-27(6-2)14-17-13-18(11-12-19(17)28-4)22-21-25-23-20(24-26-21)16-9-7-15(3)8-10-16/h7-13H,5-6,14H2,1-4H3,(H,22,25,26). The van der Waals surface area contributed by atoms with Crippen molar-refractivity contribution in [1.82, 2.24) is 25.3 Å². The summed E-state index contributed by atoms with van der Waals surface area (Å²) in [4.78, 5) is 2.33. The van der Waals surface area contributed by atoms with E-state index in [0.29, 0.717) is 11.8 Å². The van der Waals surface area contributed by atoms with Gasteiger partial charge in [0.1, 0.15) is 5.75 Å². The molecule has 0 bridgehead atoms. The van der Waals surface area contributed by atoms with Crippen molar-refractivity contribution in [2.24, 2.45) is 0 Å². The van der Waals surface area contributed by atoms with Crippen molar-refractivity contribution in [2.45, 2.75) is 27.3 Å². The summed E-state index contributed by atoms with van der Waals surface area (Å²) < 4.78 is 5.50. The molecule has 0 fully saturated rings. The number of rotatable bonds is 8. The van der Waals surface area contributed by atoms with Crippen LogP contribution in [-0.2, 0) is 6.54 Å². The average Bonchev–Trinajstić information content (AvgIpc) is 2.73. The van der Waals surface area contributed by atoms with Gasteiger partial charge in [-0.1, -0.05) is 43.7 Å². The highest BCUT2D eigenvalue weighted by Crippen LogP contribution is 2.25. The van der Waals surface area contributed by atoms with Crippen molar-refractivity contribution >= 4 is 11.6 Å². The Balaban J connectivity index is 1.76. The summed E-state index contributed by atoms with van der Waals surface area (Å²) in [6, 6.07) is 13.9. The molecule has 0 aliphatic heterocycles. The number of aryl methyl sites for hydroxylation is 1. The van der Waals surface area contributed by atoms with E-state index in [4.69, 9.17) is 4.74 Å². The quantitative estimate of drug-likeness (QED) is 0.638. The maximum Gasteiger partial charge on any atom is 0.266 e. The first-order chi connectivity index (χ1) is 13.6. The predicted octanol–water partition coefficient (Wildman–Crippen LogP) is 3.84. The third-order valence-corrected chi connectivity index (χ3v) is 4.61. The molecule has 0 saturated heterocycles. The van der Waals surface area contributed by atoms with E-state index in [9.17, 15) is 0 Å². The number of anilines is 2. The molecule has 0 atom stereocenters. The minimum absolute atomic E-state index is 0.356. The average molecular weight is 378 g/mol. The zero-order valence-electron chi connectivity index (χ0n) is 16.8. The van der Waals surface area contributed by atoms with Crippen LogP contribution < -0.4 is 10.1 Å². The largest absolute Gasteiger partial charge is 0.496 e. The number of nitrogens with zero attached hydrogens (tertiary/aromatic N) is 5. The Labute approximate surface area is 165 Å². The topological polar surface area (TPSA) is 76.1 Å². The van der Waals surface area contributed by atoms with Gasteiger partial charge in [-0.2, -0.15) is 0 Å². The minimum Gasteiger partial charge on any atom is -0.496 e. The molecule has 1 heterocycles. The molecule has 0 aliphatic carbocycles. The van der Waals surface area contributed by atoms with Gasteiger partial charge in [-0.3, -0.25) is 4.90 Å². The van der Waals surface area contributed by atoms with E-state index in [1.54, 1.807) is 7.11 Å². The van der Waals surface area contributed by atoms with Gasteiger partial charge in [0, 0.05) is 23.4 Å². The summed E-state index contributed by atoms with van der Waals surface area (Å²) >= 11 is 0. The van der Waals surface area contributed by atoms with E-state index in [1.165, 1.54) is 5.56 Å². The van der Waals surface area contributed by atoms with Gasteiger partial charge in [0.05, 0.1) is 7.11 Å². The molecular weight excluding hydrogens is 352 g/mol. The second kappa shape index (κ2) is 9.23. The second-order valence-electron chi connectivity index (χ2n) is 6.53. The van der Waals surface area contributed by atoms with Gasteiger partial charge in [0.2, 0.25) is 5.82 Å². The molecule has 28 heavy (non-hydrogen) atoms. The number of benzene rings is 2. The van der Waals surface area contributed by atoms with Crippen molar-refractivity contribution in [3.05, 3.63) is 53.6 Å². The normalized spacial score (nSPS) is 10.9. The summed E-state index contributed by atoms with van der Waals surface area (Å²) in [6.07, 6.45) is 0. The van der Waals surface area contributed by atoms with Crippen LogP contribution in [0.1, 0.15) is 25.0 Å². The number of hydrogen-bond donors (Lipinski definition) is 1. The highest BCUT2D eigenvalue weighted by Gasteiger charge is 2.10. The number of ether oxygens (including phenoxy) is 1. The van der Waals surface area contributed by atoms with E-state index >= 15 is 0 Å². The summed E-state index contributed by atoms with van der Waals surface area (Å²) in [5, 5.41) is 19.9. The van der Waals surface area contributed by atoms with Gasteiger partial charge in [-0.25, -0.2) is 0 Å². The Kier molecular flexibility index (Phi) is 6.49. The molecule has 3 aromatic rings. The molecule has 0 unspecified atom stereocenters. The zero-order valence-corrected chi connectivity index (χ0v) is 16.8. The van der Waals surface area contributed by atoms with Crippen molar-refractivity contribution in [3.63, 3.8) is 0 Å². The molecule has 0 spiro atoms. The third kappa shape index (κ3) is 4.80. The van der Waals surface area contributed by atoms with E-state index in [1.807, 2.05) is 49.4 Å². The summed E-state index contributed by atoms with van der Waals surface area (Å²) in [6.45, 7) is 9.12. The van der Waals surface area contributed by atoms with Gasteiger partial charge < -0.3 is 10.1 Å². The van der Waals surface area contributed by atoms with Crippen LogP contribution >= 0.6 is 0 Å². The Morgan fingerprint density at radius 3 is 2.21 bits per heavy atom. The lowest BCUT2D eigenvalue weighted by atomic mass is 10.1. The number of methoxy groups -OCH3 is 1. The van der Waals surface area contributed by atoms with Crippen LogP contribution in [0.2, 0.25) is 0 Å². The molecule has 0 aliphatic rings. The molecule has 3 rings (SSSR count). The summed E-state index contributed by atoms with van der Waals surface area (Å²) in [5.41, 5.74) is 4.05. The van der Waals surface area contributed by atoms with Crippen molar-refractivity contribution in [2.75, 3.05) is 25.5 Å². The SMILES string of the molecule is CCN(CC)Cc1cc(Nc2nnc(-c3ccc(C)cc3)nn2)ccc1OC. The lowest BCUT2D eigenvalue weighted by molar-refractivity contribution is 0.289. The molecular formula is C21H26N6O. The Morgan fingerprint density at radius 2 is 1.61 bits per heavy atom. The highest BCUT2D eigenvalue weighted by atomic mass is 16.5. The third-order valence-electron chi connectivity index (χ3n) is 4.61. The molecule has 1 N–H and O–H groups in total. The van der Waals surface area contributed by atoms with Crippen molar-refractivity contribution < 1.29 is 4.74 Å². The highest BCUT2D eigenvalue weighted by molar-refractivity contribution is 5.58. The molecule has 0 amide bonds. The van der Waals surface area contributed by atoms with Crippen molar-refractivity contribution in [3.8, 4) is 17.1 Å². The van der Waals surface area contributed by atoms with Crippen LogP contribution in [0.25, 0.3) is 11.4 Å². The molecule has 2 aromatic carbocycles. The first kappa shape index (κ1) is 19.7. The van der Waals surface area contributed by atoms with Crippen LogP contribution in [0.15, 0.2) is 42.5 Å². The number of hydrogen-bond acceptors (Lipinski definition) is 7. The number of nitrogens with one attached hydrogen (secondary N) is 1. The second-order valence-corrected chi connectivity index (χ2v) is 6.53. The van der Waals surface area contributed by atoms with E-state index in [2.05, 4.69) is 44.5 Å². The van der Waals surface area contributed by atoms with E-state index < -0.39 is 0 Å². The van der Waals surface area contributed by atoms with Gasteiger partial charge in [-0.05, 0) is 38.2 Å². The Morgan fingerprint density at radius 1 is 0.929 bits per heavy atom. The van der Waals surface area contributed by atoms with Gasteiger partial charge in [0.15, 0.2) is 0 Å². The smallest absolute Gasteiger partial charge is 0.266 e. The van der Waals surface area contributed by atoms with Gasteiger partial charge in [-0.15, -0.1) is 20.4 Å². The van der Waals surface area contributed by atoms with Crippen LogP contribution in [-0.4, -0.2) is 45.5 Å². The van der Waals surface area contributed by atoms with Crippen LogP contribution in [0.5, 0.6) is 5.75 Å². The zero-order chi connectivity index (χ0) is 19.9. The summed E-state index contributed by atoms with van der Waals surface area (Å²) in [5.74, 6) is 1.72. The fraction of sp³-hybridized carbons (Fsp3) is 0.333. The van der Waals surface area contributed by atoms with Gasteiger partial charge >= 0.3 is 0 Å². The van der Waals surface area contributed by atoms with Crippen LogP contribution in [0.3, 0.4) is 0 Å². The molecule has 0 radical (unpaired) electrons. The Bertz CT molecular complexity index is 892. The lowest BCUT2D eigenvalue weighted by Gasteiger charge is -2.20. The summed E-state index contributed by atoms with van der Waals surface area (Å²) in [7, 11) is 1.69. The fourth-order valence-corrected chi connectivity index (χ4v) is 2.89. The minimum atomic E-state index is 0.356. The molecule has 0 saturated carbocycles. The number of aromatic nitrogens is 4. The van der Waals surface area contributed by atoms with Crippen molar-refractivity contribution in [1.29, 1.82) is 0 Å². The molecule has 146 valence electrons. The molecule has 1 aromatic heterocycles. The Hall–Kier alpha value is -3.06. The first-order valence-corrected chi connectivity index (χ1v) is 9.43. The predicted molar refractivity (Wildman–Crippen MR) is 111 cm³/mol. The first-order valence-electron chi connectivity index (χ1n) is 9.43.